The van der Waals surface area contributed by atoms with Crippen LogP contribution >= 0.6 is 0 Å². The van der Waals surface area contributed by atoms with Crippen LogP contribution in [-0.2, 0) is 0 Å². The topological polar surface area (TPSA) is 38.7 Å². The average Bonchev–Trinajstić information content (AvgIpc) is 3.32. The van der Waals surface area contributed by atoms with Crippen molar-refractivity contribution in [2.45, 2.75) is 56.1 Å². The molecule has 0 amide bonds. The van der Waals surface area contributed by atoms with Gasteiger partial charge in [-0.3, -0.25) is 9.80 Å². The van der Waals surface area contributed by atoms with E-state index in [1.54, 1.807) is 0 Å². The SMILES string of the molecule is CNC1(CO)CCCC(N2CCN(C3CC3)CC2)C1. The molecule has 4 nitrogen and oxygen atoms in total. The van der Waals surface area contributed by atoms with Gasteiger partial charge < -0.3 is 10.4 Å². The van der Waals surface area contributed by atoms with Gasteiger partial charge in [-0.2, -0.15) is 0 Å². The van der Waals surface area contributed by atoms with Crippen LogP contribution in [0, 0.1) is 0 Å². The van der Waals surface area contributed by atoms with Crippen LogP contribution in [0.1, 0.15) is 38.5 Å². The quantitative estimate of drug-likeness (QED) is 0.785. The summed E-state index contributed by atoms with van der Waals surface area (Å²) in [7, 11) is 2.00. The summed E-state index contributed by atoms with van der Waals surface area (Å²) >= 11 is 0. The number of hydrogen-bond acceptors (Lipinski definition) is 4. The first-order valence-corrected chi connectivity index (χ1v) is 8.04. The average molecular weight is 267 g/mol. The van der Waals surface area contributed by atoms with E-state index in [9.17, 15) is 5.11 Å². The molecule has 110 valence electrons. The summed E-state index contributed by atoms with van der Waals surface area (Å²) in [6.07, 6.45) is 7.65. The summed E-state index contributed by atoms with van der Waals surface area (Å²) < 4.78 is 0. The summed E-state index contributed by atoms with van der Waals surface area (Å²) in [4.78, 5) is 5.36. The van der Waals surface area contributed by atoms with E-state index in [0.29, 0.717) is 6.04 Å². The number of likely N-dealkylation sites (N-methyl/N-ethyl adjacent to an activating group) is 1. The van der Waals surface area contributed by atoms with Gasteiger partial charge in [0.1, 0.15) is 0 Å². The zero-order valence-electron chi connectivity index (χ0n) is 12.3. The Balaban J connectivity index is 1.54. The van der Waals surface area contributed by atoms with Crippen LogP contribution in [-0.4, -0.2) is 72.4 Å². The fourth-order valence-electron chi connectivity index (χ4n) is 4.00. The van der Waals surface area contributed by atoms with Crippen molar-refractivity contribution in [1.82, 2.24) is 15.1 Å². The molecule has 0 aromatic heterocycles. The van der Waals surface area contributed by atoms with E-state index in [0.717, 1.165) is 18.9 Å². The van der Waals surface area contributed by atoms with E-state index in [-0.39, 0.29) is 12.1 Å². The highest BCUT2D eigenvalue weighted by atomic mass is 16.3. The molecule has 0 bridgehead atoms. The van der Waals surface area contributed by atoms with E-state index >= 15 is 0 Å². The minimum Gasteiger partial charge on any atom is -0.394 e. The third-order valence-corrected chi connectivity index (χ3v) is 5.58. The predicted octanol–water partition coefficient (Wildman–Crippen LogP) is 0.659. The molecule has 4 heteroatoms. The number of nitrogens with zero attached hydrogens (tertiary/aromatic N) is 2. The van der Waals surface area contributed by atoms with Gasteiger partial charge in [-0.15, -0.1) is 0 Å². The largest absolute Gasteiger partial charge is 0.394 e. The van der Waals surface area contributed by atoms with Crippen LogP contribution in [0.4, 0.5) is 0 Å². The molecular formula is C15H29N3O. The van der Waals surface area contributed by atoms with Crippen LogP contribution in [0.15, 0.2) is 0 Å². The molecule has 0 spiro atoms. The minimum absolute atomic E-state index is 0.0173. The Morgan fingerprint density at radius 2 is 1.68 bits per heavy atom. The van der Waals surface area contributed by atoms with Gasteiger partial charge in [0, 0.05) is 43.8 Å². The number of hydrogen-bond donors (Lipinski definition) is 2. The third-order valence-electron chi connectivity index (χ3n) is 5.58. The van der Waals surface area contributed by atoms with Crippen molar-refractivity contribution >= 4 is 0 Å². The Kier molecular flexibility index (Phi) is 4.13. The smallest absolute Gasteiger partial charge is 0.0613 e. The molecule has 2 aliphatic carbocycles. The Morgan fingerprint density at radius 1 is 1.05 bits per heavy atom. The molecule has 0 aromatic rings. The lowest BCUT2D eigenvalue weighted by molar-refractivity contribution is 0.0334. The van der Waals surface area contributed by atoms with Crippen molar-refractivity contribution in [3.63, 3.8) is 0 Å². The Hall–Kier alpha value is -0.160. The molecule has 2 saturated carbocycles. The van der Waals surface area contributed by atoms with E-state index in [4.69, 9.17) is 0 Å². The second kappa shape index (κ2) is 5.68. The molecule has 1 saturated heterocycles. The standard InChI is InChI=1S/C15H29N3O/c1-16-15(12-19)6-2-3-14(11-15)18-9-7-17(8-10-18)13-4-5-13/h13-14,16,19H,2-12H2,1H3. The van der Waals surface area contributed by atoms with Crippen LogP contribution in [0.2, 0.25) is 0 Å². The van der Waals surface area contributed by atoms with Gasteiger partial charge in [0.2, 0.25) is 0 Å². The van der Waals surface area contributed by atoms with Gasteiger partial charge in [-0.05, 0) is 45.6 Å². The molecular weight excluding hydrogens is 238 g/mol. The van der Waals surface area contributed by atoms with Gasteiger partial charge in [0.05, 0.1) is 6.61 Å². The summed E-state index contributed by atoms with van der Waals surface area (Å²) in [5.41, 5.74) is -0.0173. The first-order chi connectivity index (χ1) is 9.26. The number of piperazine rings is 1. The molecule has 1 aliphatic heterocycles. The molecule has 0 aromatic carbocycles. The number of aliphatic hydroxyl groups is 1. The maximum Gasteiger partial charge on any atom is 0.0613 e. The van der Waals surface area contributed by atoms with Crippen molar-refractivity contribution in [2.75, 3.05) is 39.8 Å². The summed E-state index contributed by atoms with van der Waals surface area (Å²) in [6, 6.07) is 1.59. The third kappa shape index (κ3) is 2.97. The van der Waals surface area contributed by atoms with Crippen LogP contribution in [0.3, 0.4) is 0 Å². The lowest BCUT2D eigenvalue weighted by atomic mass is 9.79. The highest BCUT2D eigenvalue weighted by Crippen LogP contribution is 2.33. The number of aliphatic hydroxyl groups excluding tert-OH is 1. The van der Waals surface area contributed by atoms with Gasteiger partial charge in [-0.1, -0.05) is 0 Å². The minimum atomic E-state index is -0.0173. The Labute approximate surface area is 117 Å². The zero-order chi connectivity index (χ0) is 13.3. The molecule has 1 heterocycles. The summed E-state index contributed by atoms with van der Waals surface area (Å²) in [6.45, 7) is 5.25. The van der Waals surface area contributed by atoms with Crippen LogP contribution in [0.5, 0.6) is 0 Å². The fourth-order valence-corrected chi connectivity index (χ4v) is 4.00. The lowest BCUT2D eigenvalue weighted by Gasteiger charge is -2.46. The van der Waals surface area contributed by atoms with Gasteiger partial charge in [-0.25, -0.2) is 0 Å². The fraction of sp³-hybridized carbons (Fsp3) is 1.00. The van der Waals surface area contributed by atoms with Crippen LogP contribution < -0.4 is 5.32 Å². The monoisotopic (exact) mass is 267 g/mol. The van der Waals surface area contributed by atoms with Crippen molar-refractivity contribution in [3.05, 3.63) is 0 Å². The van der Waals surface area contributed by atoms with Gasteiger partial charge in [0.25, 0.3) is 0 Å². The van der Waals surface area contributed by atoms with E-state index < -0.39 is 0 Å². The Bertz CT molecular complexity index is 294. The van der Waals surface area contributed by atoms with E-state index in [1.165, 1.54) is 51.9 Å². The van der Waals surface area contributed by atoms with Crippen molar-refractivity contribution < 1.29 is 5.11 Å². The molecule has 2 atom stereocenters. The molecule has 0 radical (unpaired) electrons. The van der Waals surface area contributed by atoms with E-state index in [2.05, 4.69) is 15.1 Å². The van der Waals surface area contributed by atoms with Crippen LogP contribution in [0.25, 0.3) is 0 Å². The maximum absolute atomic E-state index is 9.69. The summed E-state index contributed by atoms with van der Waals surface area (Å²) in [5.74, 6) is 0. The van der Waals surface area contributed by atoms with E-state index in [1.807, 2.05) is 7.05 Å². The van der Waals surface area contributed by atoms with Gasteiger partial charge >= 0.3 is 0 Å². The molecule has 2 N–H and O–H groups in total. The predicted molar refractivity (Wildman–Crippen MR) is 77.3 cm³/mol. The molecule has 3 aliphatic rings. The molecule has 19 heavy (non-hydrogen) atoms. The van der Waals surface area contributed by atoms with Crippen molar-refractivity contribution in [2.24, 2.45) is 0 Å². The maximum atomic E-state index is 9.69. The molecule has 3 rings (SSSR count). The zero-order valence-corrected chi connectivity index (χ0v) is 12.3. The number of rotatable bonds is 4. The van der Waals surface area contributed by atoms with Crippen molar-refractivity contribution in [1.29, 1.82) is 0 Å². The second-order valence-electron chi connectivity index (χ2n) is 6.74. The first-order valence-electron chi connectivity index (χ1n) is 8.04. The first kappa shape index (κ1) is 13.8. The highest BCUT2D eigenvalue weighted by molar-refractivity contribution is 4.97. The molecule has 2 unspecified atom stereocenters. The van der Waals surface area contributed by atoms with Gasteiger partial charge in [0.15, 0.2) is 0 Å². The molecule has 3 fully saturated rings. The lowest BCUT2D eigenvalue weighted by Crippen LogP contribution is -2.57. The Morgan fingerprint density at radius 3 is 2.21 bits per heavy atom. The normalized spacial score (nSPS) is 38.5. The number of nitrogens with one attached hydrogen (secondary N) is 1. The second-order valence-corrected chi connectivity index (χ2v) is 6.74. The highest BCUT2D eigenvalue weighted by Gasteiger charge is 2.38. The summed E-state index contributed by atoms with van der Waals surface area (Å²) in [5, 5.41) is 13.1. The van der Waals surface area contributed by atoms with Crippen molar-refractivity contribution in [3.8, 4) is 0 Å².